The first kappa shape index (κ1) is 24.0. The summed E-state index contributed by atoms with van der Waals surface area (Å²) in [5.41, 5.74) is 4.09. The fourth-order valence-electron chi connectivity index (χ4n) is 3.46. The first-order valence-electron chi connectivity index (χ1n) is 10.4. The van der Waals surface area contributed by atoms with E-state index in [1.54, 1.807) is 48.5 Å². The molecule has 3 aromatic rings. The first-order valence-corrected chi connectivity index (χ1v) is 11.8. The topological polar surface area (TPSA) is 95.6 Å². The lowest BCUT2D eigenvalue weighted by molar-refractivity contribution is -0.115. The van der Waals surface area contributed by atoms with Gasteiger partial charge >= 0.3 is 0 Å². The van der Waals surface area contributed by atoms with E-state index in [1.165, 1.54) is 19.1 Å². The van der Waals surface area contributed by atoms with Crippen LogP contribution in [0.15, 0.2) is 71.6 Å². The second-order valence-corrected chi connectivity index (χ2v) is 9.84. The predicted molar refractivity (Wildman–Crippen MR) is 131 cm³/mol. The SMILES string of the molecule is CC(=O)Nc1cccc(NC(=O)CN(c2cc(C)cc(C)c2)S(=O)(=O)c2ccc(C)cc2)c1. The molecule has 0 aliphatic rings. The van der Waals surface area contributed by atoms with Crippen LogP contribution in [0, 0.1) is 20.8 Å². The molecule has 33 heavy (non-hydrogen) atoms. The lowest BCUT2D eigenvalue weighted by Crippen LogP contribution is -2.38. The molecule has 8 heteroatoms. The second kappa shape index (κ2) is 9.87. The van der Waals surface area contributed by atoms with Crippen LogP contribution in [0.2, 0.25) is 0 Å². The van der Waals surface area contributed by atoms with Gasteiger partial charge in [-0.3, -0.25) is 13.9 Å². The van der Waals surface area contributed by atoms with Crippen LogP contribution in [0.5, 0.6) is 0 Å². The number of nitrogens with zero attached hydrogens (tertiary/aromatic N) is 1. The van der Waals surface area contributed by atoms with E-state index in [9.17, 15) is 18.0 Å². The lowest BCUT2D eigenvalue weighted by Gasteiger charge is -2.25. The number of benzene rings is 3. The van der Waals surface area contributed by atoms with Gasteiger partial charge in [0.25, 0.3) is 10.0 Å². The Bertz CT molecular complexity index is 1270. The molecule has 7 nitrogen and oxygen atoms in total. The zero-order chi connectivity index (χ0) is 24.2. The van der Waals surface area contributed by atoms with E-state index in [4.69, 9.17) is 0 Å². The number of hydrogen-bond acceptors (Lipinski definition) is 4. The van der Waals surface area contributed by atoms with Crippen molar-refractivity contribution in [2.24, 2.45) is 0 Å². The molecular formula is C25H27N3O4S. The molecule has 0 atom stereocenters. The van der Waals surface area contributed by atoms with Crippen molar-refractivity contribution in [2.75, 3.05) is 21.5 Å². The molecule has 0 aliphatic carbocycles. The van der Waals surface area contributed by atoms with Crippen molar-refractivity contribution in [1.29, 1.82) is 0 Å². The van der Waals surface area contributed by atoms with Crippen LogP contribution in [-0.2, 0) is 19.6 Å². The maximum Gasteiger partial charge on any atom is 0.264 e. The van der Waals surface area contributed by atoms with Gasteiger partial charge in [-0.05, 0) is 74.4 Å². The smallest absolute Gasteiger partial charge is 0.264 e. The molecule has 0 heterocycles. The monoisotopic (exact) mass is 465 g/mol. The Balaban J connectivity index is 1.94. The zero-order valence-electron chi connectivity index (χ0n) is 19.0. The van der Waals surface area contributed by atoms with Crippen LogP contribution in [-0.4, -0.2) is 26.8 Å². The highest BCUT2D eigenvalue weighted by Crippen LogP contribution is 2.26. The van der Waals surface area contributed by atoms with Gasteiger partial charge in [0.05, 0.1) is 10.6 Å². The van der Waals surface area contributed by atoms with E-state index < -0.39 is 22.5 Å². The summed E-state index contributed by atoms with van der Waals surface area (Å²) in [5, 5.41) is 5.37. The lowest BCUT2D eigenvalue weighted by atomic mass is 10.1. The van der Waals surface area contributed by atoms with Gasteiger partial charge in [-0.25, -0.2) is 8.42 Å². The van der Waals surface area contributed by atoms with Gasteiger partial charge in [-0.15, -0.1) is 0 Å². The van der Waals surface area contributed by atoms with Gasteiger partial charge in [0, 0.05) is 18.3 Å². The standard InChI is InChI=1S/C25H27N3O4S/c1-17-8-10-24(11-9-17)33(31,32)28(23-13-18(2)12-19(3)14-23)16-25(30)27-22-7-5-6-21(15-22)26-20(4)29/h5-15H,16H2,1-4H3,(H,26,29)(H,27,30). The van der Waals surface area contributed by atoms with E-state index >= 15 is 0 Å². The number of nitrogens with one attached hydrogen (secondary N) is 2. The summed E-state index contributed by atoms with van der Waals surface area (Å²) < 4.78 is 28.2. The van der Waals surface area contributed by atoms with Crippen LogP contribution >= 0.6 is 0 Å². The van der Waals surface area contributed by atoms with Crippen LogP contribution in [0.25, 0.3) is 0 Å². The number of carbonyl (C=O) groups is 2. The molecule has 3 aromatic carbocycles. The summed E-state index contributed by atoms with van der Waals surface area (Å²) in [6.45, 7) is 6.61. The number of anilines is 3. The van der Waals surface area contributed by atoms with Gasteiger partial charge in [0.15, 0.2) is 0 Å². The Morgan fingerprint density at radius 1 is 0.788 bits per heavy atom. The molecule has 2 amide bonds. The molecule has 0 aliphatic heterocycles. The van der Waals surface area contributed by atoms with Gasteiger partial charge in [0.2, 0.25) is 11.8 Å². The highest BCUT2D eigenvalue weighted by atomic mass is 32.2. The molecule has 0 fully saturated rings. The fourth-order valence-corrected chi connectivity index (χ4v) is 4.86. The molecule has 2 N–H and O–H groups in total. The molecular weight excluding hydrogens is 438 g/mol. The van der Waals surface area contributed by atoms with E-state index in [1.807, 2.05) is 26.8 Å². The van der Waals surface area contributed by atoms with Crippen LogP contribution < -0.4 is 14.9 Å². The largest absolute Gasteiger partial charge is 0.326 e. The van der Waals surface area contributed by atoms with Gasteiger partial charge < -0.3 is 10.6 Å². The van der Waals surface area contributed by atoms with Crippen molar-refractivity contribution in [1.82, 2.24) is 0 Å². The maximum atomic E-state index is 13.5. The Morgan fingerprint density at radius 2 is 1.36 bits per heavy atom. The summed E-state index contributed by atoms with van der Waals surface area (Å²) in [7, 11) is -4.00. The van der Waals surface area contributed by atoms with E-state index in [0.717, 1.165) is 21.0 Å². The fraction of sp³-hybridized carbons (Fsp3) is 0.200. The average molecular weight is 466 g/mol. The number of carbonyl (C=O) groups excluding carboxylic acids is 2. The van der Waals surface area contributed by atoms with Crippen molar-refractivity contribution in [3.05, 3.63) is 83.4 Å². The molecule has 0 saturated carbocycles. The molecule has 0 bridgehead atoms. The Hall–Kier alpha value is -3.65. The van der Waals surface area contributed by atoms with Crippen molar-refractivity contribution in [2.45, 2.75) is 32.6 Å². The second-order valence-electron chi connectivity index (χ2n) is 7.98. The maximum absolute atomic E-state index is 13.5. The molecule has 0 saturated heterocycles. The third-order valence-electron chi connectivity index (χ3n) is 4.86. The minimum absolute atomic E-state index is 0.104. The van der Waals surface area contributed by atoms with Gasteiger partial charge in [-0.1, -0.05) is 29.8 Å². The summed E-state index contributed by atoms with van der Waals surface area (Å²) in [5.74, 6) is -0.742. The quantitative estimate of drug-likeness (QED) is 0.540. The first-order chi connectivity index (χ1) is 15.5. The Labute approximate surface area is 194 Å². The van der Waals surface area contributed by atoms with E-state index in [0.29, 0.717) is 17.1 Å². The van der Waals surface area contributed by atoms with Crippen molar-refractivity contribution in [3.63, 3.8) is 0 Å². The Kier molecular flexibility index (Phi) is 7.18. The summed E-state index contributed by atoms with van der Waals surface area (Å²) in [6, 6.07) is 18.6. The summed E-state index contributed by atoms with van der Waals surface area (Å²) in [6.07, 6.45) is 0. The molecule has 3 rings (SSSR count). The van der Waals surface area contributed by atoms with Crippen molar-refractivity contribution >= 4 is 38.9 Å². The minimum Gasteiger partial charge on any atom is -0.326 e. The number of rotatable bonds is 7. The van der Waals surface area contributed by atoms with Crippen LogP contribution in [0.3, 0.4) is 0 Å². The third kappa shape index (κ3) is 6.20. The van der Waals surface area contributed by atoms with E-state index in [2.05, 4.69) is 10.6 Å². The average Bonchev–Trinajstić information content (AvgIpc) is 2.71. The number of amides is 2. The van der Waals surface area contributed by atoms with Gasteiger partial charge in [-0.2, -0.15) is 0 Å². The number of hydrogen-bond donors (Lipinski definition) is 2. The molecule has 0 radical (unpaired) electrons. The van der Waals surface area contributed by atoms with Crippen LogP contribution in [0.1, 0.15) is 23.6 Å². The Morgan fingerprint density at radius 3 is 1.94 bits per heavy atom. The van der Waals surface area contributed by atoms with Crippen LogP contribution in [0.4, 0.5) is 17.1 Å². The minimum atomic E-state index is -4.00. The summed E-state index contributed by atoms with van der Waals surface area (Å²) >= 11 is 0. The van der Waals surface area contributed by atoms with Crippen molar-refractivity contribution in [3.8, 4) is 0 Å². The highest BCUT2D eigenvalue weighted by molar-refractivity contribution is 7.92. The van der Waals surface area contributed by atoms with Crippen molar-refractivity contribution < 1.29 is 18.0 Å². The summed E-state index contributed by atoms with van der Waals surface area (Å²) in [4.78, 5) is 24.3. The zero-order valence-corrected chi connectivity index (χ0v) is 19.9. The molecule has 0 spiro atoms. The molecule has 172 valence electrons. The molecule has 0 aromatic heterocycles. The number of aryl methyl sites for hydroxylation is 3. The number of sulfonamides is 1. The predicted octanol–water partition coefficient (Wildman–Crippen LogP) is 4.40. The molecule has 0 unspecified atom stereocenters. The van der Waals surface area contributed by atoms with E-state index in [-0.39, 0.29) is 10.8 Å². The highest BCUT2D eigenvalue weighted by Gasteiger charge is 2.27. The van der Waals surface area contributed by atoms with Gasteiger partial charge in [0.1, 0.15) is 6.54 Å². The third-order valence-corrected chi connectivity index (χ3v) is 6.65. The normalized spacial score (nSPS) is 11.0.